The quantitative estimate of drug-likeness (QED) is 0.743. The van der Waals surface area contributed by atoms with Gasteiger partial charge in [-0.15, -0.1) is 0 Å². The lowest BCUT2D eigenvalue weighted by molar-refractivity contribution is 0.156. The maximum Gasteiger partial charge on any atom is 0.317 e. The number of hydrogen-bond acceptors (Lipinski definition) is 3. The molecule has 2 amide bonds. The molecule has 1 atom stereocenters. The van der Waals surface area contributed by atoms with Gasteiger partial charge in [0.1, 0.15) is 0 Å². The number of likely N-dealkylation sites (tertiary alicyclic amines) is 1. The molecular formula is C23H28N4O. The lowest BCUT2D eigenvalue weighted by Crippen LogP contribution is -2.50. The Hall–Kier alpha value is -2.95. The number of piperidine rings is 1. The SMILES string of the molecule is CC1(c2ccccc2)CCCN(C(=O)NCCc2ccc3nccnc3c2)C1.[HH]. The summed E-state index contributed by atoms with van der Waals surface area (Å²) >= 11 is 0. The van der Waals surface area contributed by atoms with E-state index in [1.165, 1.54) is 5.56 Å². The monoisotopic (exact) mass is 376 g/mol. The van der Waals surface area contributed by atoms with Gasteiger partial charge in [-0.3, -0.25) is 9.97 Å². The van der Waals surface area contributed by atoms with Gasteiger partial charge < -0.3 is 10.2 Å². The predicted molar refractivity (Wildman–Crippen MR) is 113 cm³/mol. The van der Waals surface area contributed by atoms with Crippen molar-refractivity contribution in [3.63, 3.8) is 0 Å². The van der Waals surface area contributed by atoms with Gasteiger partial charge in [0.05, 0.1) is 11.0 Å². The zero-order valence-electron chi connectivity index (χ0n) is 16.3. The van der Waals surface area contributed by atoms with Gasteiger partial charge in [0, 0.05) is 38.9 Å². The van der Waals surface area contributed by atoms with Crippen molar-refractivity contribution in [1.29, 1.82) is 0 Å². The number of rotatable bonds is 4. The second-order valence-corrected chi connectivity index (χ2v) is 7.81. The first kappa shape index (κ1) is 18.4. The van der Waals surface area contributed by atoms with Gasteiger partial charge in [0.2, 0.25) is 0 Å². The Labute approximate surface area is 167 Å². The number of nitrogens with one attached hydrogen (secondary N) is 1. The van der Waals surface area contributed by atoms with Crippen LogP contribution in [-0.2, 0) is 11.8 Å². The molecule has 28 heavy (non-hydrogen) atoms. The summed E-state index contributed by atoms with van der Waals surface area (Å²) in [7, 11) is 0. The third-order valence-electron chi connectivity index (χ3n) is 5.68. The standard InChI is InChI=1S/C23H26N4O.H2/c1-23(19-6-3-2-4-7-19)11-5-15-27(17-23)22(28)26-12-10-18-8-9-20-21(16-18)25-14-13-24-20;/h2-4,6-9,13-14,16H,5,10-12,15,17H2,1H3,(H,26,28);1H. The van der Waals surface area contributed by atoms with Crippen molar-refractivity contribution in [2.75, 3.05) is 19.6 Å². The van der Waals surface area contributed by atoms with Crippen LogP contribution < -0.4 is 5.32 Å². The van der Waals surface area contributed by atoms with Crippen molar-refractivity contribution in [2.45, 2.75) is 31.6 Å². The number of carbonyl (C=O) groups excluding carboxylic acids is 1. The lowest BCUT2D eigenvalue weighted by Gasteiger charge is -2.41. The highest BCUT2D eigenvalue weighted by molar-refractivity contribution is 5.75. The second-order valence-electron chi connectivity index (χ2n) is 7.81. The summed E-state index contributed by atoms with van der Waals surface area (Å²) in [4.78, 5) is 23.3. The third-order valence-corrected chi connectivity index (χ3v) is 5.68. The van der Waals surface area contributed by atoms with E-state index in [4.69, 9.17) is 0 Å². The molecule has 0 spiro atoms. The Bertz CT molecular complexity index is 965. The average molecular weight is 377 g/mol. The fourth-order valence-electron chi connectivity index (χ4n) is 4.08. The van der Waals surface area contributed by atoms with Crippen LogP contribution in [-0.4, -0.2) is 40.5 Å². The molecule has 0 bridgehead atoms. The molecule has 3 aromatic rings. The lowest BCUT2D eigenvalue weighted by atomic mass is 9.76. The van der Waals surface area contributed by atoms with Gasteiger partial charge in [-0.1, -0.05) is 43.3 Å². The van der Waals surface area contributed by atoms with E-state index in [-0.39, 0.29) is 12.9 Å². The minimum atomic E-state index is 0. The van der Waals surface area contributed by atoms with E-state index in [0.717, 1.165) is 48.9 Å². The normalized spacial score (nSPS) is 19.5. The van der Waals surface area contributed by atoms with Crippen LogP contribution in [0, 0.1) is 0 Å². The van der Waals surface area contributed by atoms with Crippen LogP contribution in [0.5, 0.6) is 0 Å². The van der Waals surface area contributed by atoms with E-state index in [0.29, 0.717) is 6.54 Å². The topological polar surface area (TPSA) is 58.1 Å². The number of aromatic nitrogens is 2. The molecule has 5 heteroatoms. The van der Waals surface area contributed by atoms with Crippen LogP contribution >= 0.6 is 0 Å². The number of nitrogens with zero attached hydrogens (tertiary/aromatic N) is 3. The molecule has 1 aliphatic rings. The minimum absolute atomic E-state index is 0. The molecule has 1 unspecified atom stereocenters. The highest BCUT2D eigenvalue weighted by Gasteiger charge is 2.34. The summed E-state index contributed by atoms with van der Waals surface area (Å²) in [6.45, 7) is 4.45. The largest absolute Gasteiger partial charge is 0.338 e. The summed E-state index contributed by atoms with van der Waals surface area (Å²) in [6, 6.07) is 16.6. The maximum atomic E-state index is 12.7. The van der Waals surface area contributed by atoms with Crippen LogP contribution in [0.2, 0.25) is 0 Å². The molecule has 0 radical (unpaired) electrons. The van der Waals surface area contributed by atoms with Crippen LogP contribution in [0.15, 0.2) is 60.9 Å². The van der Waals surface area contributed by atoms with Crippen molar-refractivity contribution in [3.05, 3.63) is 72.1 Å². The number of fused-ring (bicyclic) bond motifs is 1. The third kappa shape index (κ3) is 3.98. The van der Waals surface area contributed by atoms with Gasteiger partial charge in [-0.25, -0.2) is 4.79 Å². The number of benzene rings is 2. The fourth-order valence-corrected chi connectivity index (χ4v) is 4.08. The van der Waals surface area contributed by atoms with Crippen molar-refractivity contribution < 1.29 is 6.22 Å². The van der Waals surface area contributed by atoms with E-state index >= 15 is 0 Å². The first-order valence-electron chi connectivity index (χ1n) is 9.92. The summed E-state index contributed by atoms with van der Waals surface area (Å²) in [5, 5.41) is 3.09. The molecule has 1 N–H and O–H groups in total. The Balaban J connectivity index is 0.00000240. The van der Waals surface area contributed by atoms with Gasteiger partial charge in [-0.05, 0) is 42.5 Å². The van der Waals surface area contributed by atoms with Gasteiger partial charge in [-0.2, -0.15) is 0 Å². The first-order valence-corrected chi connectivity index (χ1v) is 9.92. The first-order chi connectivity index (χ1) is 13.6. The molecular weight excluding hydrogens is 348 g/mol. The van der Waals surface area contributed by atoms with E-state index in [1.807, 2.05) is 23.1 Å². The van der Waals surface area contributed by atoms with E-state index < -0.39 is 0 Å². The maximum absolute atomic E-state index is 12.7. The van der Waals surface area contributed by atoms with E-state index in [1.54, 1.807) is 12.4 Å². The van der Waals surface area contributed by atoms with Crippen molar-refractivity contribution in [2.24, 2.45) is 0 Å². The molecule has 1 aromatic heterocycles. The van der Waals surface area contributed by atoms with Gasteiger partial charge in [0.15, 0.2) is 0 Å². The molecule has 4 rings (SSSR count). The van der Waals surface area contributed by atoms with Gasteiger partial charge >= 0.3 is 6.03 Å². The van der Waals surface area contributed by atoms with Gasteiger partial charge in [0.25, 0.3) is 0 Å². The zero-order valence-corrected chi connectivity index (χ0v) is 16.3. The fraction of sp³-hybridized carbons (Fsp3) is 0.348. The van der Waals surface area contributed by atoms with Crippen LogP contribution in [0.25, 0.3) is 11.0 Å². The number of urea groups is 1. The molecule has 1 fully saturated rings. The number of amides is 2. The minimum Gasteiger partial charge on any atom is -0.338 e. The highest BCUT2D eigenvalue weighted by Crippen LogP contribution is 2.33. The molecule has 2 heterocycles. The summed E-state index contributed by atoms with van der Waals surface area (Å²) < 4.78 is 0. The van der Waals surface area contributed by atoms with Crippen molar-refractivity contribution in [1.82, 2.24) is 20.2 Å². The number of hydrogen-bond donors (Lipinski definition) is 1. The van der Waals surface area contributed by atoms with Crippen LogP contribution in [0.3, 0.4) is 0 Å². The molecule has 1 aliphatic heterocycles. The molecule has 0 aliphatic carbocycles. The Morgan fingerprint density at radius 3 is 2.75 bits per heavy atom. The number of carbonyl (C=O) groups is 1. The van der Waals surface area contributed by atoms with Crippen LogP contribution in [0.1, 0.15) is 32.3 Å². The average Bonchev–Trinajstić information content (AvgIpc) is 2.74. The predicted octanol–water partition coefficient (Wildman–Crippen LogP) is 4.18. The molecule has 1 saturated heterocycles. The summed E-state index contributed by atoms with van der Waals surface area (Å²) in [5.41, 5.74) is 4.27. The molecule has 2 aromatic carbocycles. The van der Waals surface area contributed by atoms with E-state index in [2.05, 4.69) is 52.5 Å². The Morgan fingerprint density at radius 1 is 1.14 bits per heavy atom. The molecule has 5 nitrogen and oxygen atoms in total. The van der Waals surface area contributed by atoms with E-state index in [9.17, 15) is 4.79 Å². The summed E-state index contributed by atoms with van der Waals surface area (Å²) in [5.74, 6) is 0. The highest BCUT2D eigenvalue weighted by atomic mass is 16.2. The summed E-state index contributed by atoms with van der Waals surface area (Å²) in [6.07, 6.45) is 6.32. The molecule has 146 valence electrons. The second kappa shape index (κ2) is 7.97. The zero-order chi connectivity index (χ0) is 19.4. The molecule has 0 saturated carbocycles. The van der Waals surface area contributed by atoms with Crippen LogP contribution in [0.4, 0.5) is 4.79 Å². The van der Waals surface area contributed by atoms with Crippen molar-refractivity contribution >= 4 is 17.1 Å². The van der Waals surface area contributed by atoms with Crippen molar-refractivity contribution in [3.8, 4) is 0 Å². The smallest absolute Gasteiger partial charge is 0.317 e. The Morgan fingerprint density at radius 2 is 1.93 bits per heavy atom. The Kier molecular flexibility index (Phi) is 5.24.